The van der Waals surface area contributed by atoms with Gasteiger partial charge >= 0.3 is 6.03 Å². The van der Waals surface area contributed by atoms with Gasteiger partial charge in [-0.15, -0.1) is 0 Å². The molecule has 2 atom stereocenters. The second-order valence-electron chi connectivity index (χ2n) is 4.80. The monoisotopic (exact) mass is 211 g/mol. The Morgan fingerprint density at radius 1 is 1.00 bits per heavy atom. The van der Waals surface area contributed by atoms with Gasteiger partial charge < -0.3 is 16.4 Å². The van der Waals surface area contributed by atoms with Crippen LogP contribution in [0.4, 0.5) is 4.79 Å². The Balaban J connectivity index is 1.71. The van der Waals surface area contributed by atoms with Crippen LogP contribution in [0.3, 0.4) is 0 Å². The fourth-order valence-electron chi connectivity index (χ4n) is 2.29. The molecule has 2 saturated carbocycles. The Morgan fingerprint density at radius 2 is 1.73 bits per heavy atom. The number of carbonyl (C=O) groups excluding carboxylic acids is 1. The SMILES string of the molecule is N[C@@H]1CCCC[C@H]1NC(=O)NC1CCC1. The first kappa shape index (κ1) is 10.7. The number of hydrogen-bond donors (Lipinski definition) is 3. The summed E-state index contributed by atoms with van der Waals surface area (Å²) in [5.41, 5.74) is 5.96. The molecule has 2 fully saturated rings. The Hall–Kier alpha value is -0.770. The van der Waals surface area contributed by atoms with Gasteiger partial charge in [-0.1, -0.05) is 12.8 Å². The molecule has 2 aliphatic rings. The lowest BCUT2D eigenvalue weighted by Crippen LogP contribution is -2.54. The summed E-state index contributed by atoms with van der Waals surface area (Å²) < 4.78 is 0. The van der Waals surface area contributed by atoms with E-state index in [0.717, 1.165) is 25.7 Å². The van der Waals surface area contributed by atoms with Crippen LogP contribution < -0.4 is 16.4 Å². The zero-order valence-electron chi connectivity index (χ0n) is 9.17. The van der Waals surface area contributed by atoms with Crippen LogP contribution >= 0.6 is 0 Å². The lowest BCUT2D eigenvalue weighted by atomic mass is 9.91. The second kappa shape index (κ2) is 4.84. The molecule has 15 heavy (non-hydrogen) atoms. The first-order valence-corrected chi connectivity index (χ1v) is 6.08. The molecular weight excluding hydrogens is 190 g/mol. The zero-order chi connectivity index (χ0) is 10.7. The van der Waals surface area contributed by atoms with Gasteiger partial charge in [0.2, 0.25) is 0 Å². The third-order valence-electron chi connectivity index (χ3n) is 3.58. The fourth-order valence-corrected chi connectivity index (χ4v) is 2.29. The number of hydrogen-bond acceptors (Lipinski definition) is 2. The first-order chi connectivity index (χ1) is 7.25. The topological polar surface area (TPSA) is 67.1 Å². The highest BCUT2D eigenvalue weighted by Crippen LogP contribution is 2.19. The minimum atomic E-state index is -0.0259. The van der Waals surface area contributed by atoms with Gasteiger partial charge in [-0.05, 0) is 32.1 Å². The molecular formula is C11H21N3O. The summed E-state index contributed by atoms with van der Waals surface area (Å²) in [6, 6.07) is 0.705. The number of nitrogens with one attached hydrogen (secondary N) is 2. The largest absolute Gasteiger partial charge is 0.335 e. The maximum Gasteiger partial charge on any atom is 0.315 e. The van der Waals surface area contributed by atoms with Gasteiger partial charge in [-0.2, -0.15) is 0 Å². The van der Waals surface area contributed by atoms with Crippen molar-refractivity contribution < 1.29 is 4.79 Å². The van der Waals surface area contributed by atoms with Crippen LogP contribution in [0, 0.1) is 0 Å². The summed E-state index contributed by atoms with van der Waals surface area (Å²) in [5, 5.41) is 5.97. The summed E-state index contributed by atoms with van der Waals surface area (Å²) in [6.45, 7) is 0. The van der Waals surface area contributed by atoms with Crippen molar-refractivity contribution >= 4 is 6.03 Å². The highest BCUT2D eigenvalue weighted by molar-refractivity contribution is 5.74. The highest BCUT2D eigenvalue weighted by atomic mass is 16.2. The van der Waals surface area contributed by atoms with Crippen LogP contribution in [0.25, 0.3) is 0 Å². The van der Waals surface area contributed by atoms with Crippen molar-refractivity contribution in [2.45, 2.75) is 63.1 Å². The average molecular weight is 211 g/mol. The van der Waals surface area contributed by atoms with Gasteiger partial charge in [0.05, 0.1) is 0 Å². The lowest BCUT2D eigenvalue weighted by molar-refractivity contribution is 0.217. The molecule has 0 aromatic carbocycles. The Kier molecular flexibility index (Phi) is 3.46. The average Bonchev–Trinajstić information content (AvgIpc) is 2.16. The smallest absolute Gasteiger partial charge is 0.315 e. The van der Waals surface area contributed by atoms with E-state index in [1.54, 1.807) is 0 Å². The quantitative estimate of drug-likeness (QED) is 0.640. The van der Waals surface area contributed by atoms with Crippen LogP contribution in [-0.4, -0.2) is 24.2 Å². The van der Waals surface area contributed by atoms with Crippen molar-refractivity contribution in [2.75, 3.05) is 0 Å². The van der Waals surface area contributed by atoms with E-state index in [9.17, 15) is 4.79 Å². The maximum absolute atomic E-state index is 11.6. The van der Waals surface area contributed by atoms with Crippen LogP contribution in [0.15, 0.2) is 0 Å². The van der Waals surface area contributed by atoms with Crippen molar-refractivity contribution in [2.24, 2.45) is 5.73 Å². The van der Waals surface area contributed by atoms with Gasteiger partial charge in [-0.25, -0.2) is 4.79 Å². The van der Waals surface area contributed by atoms with Gasteiger partial charge in [0.25, 0.3) is 0 Å². The molecule has 4 heteroatoms. The molecule has 0 radical (unpaired) electrons. The fraction of sp³-hybridized carbons (Fsp3) is 0.909. The Labute approximate surface area is 91.0 Å². The highest BCUT2D eigenvalue weighted by Gasteiger charge is 2.25. The molecule has 0 aromatic rings. The Bertz CT molecular complexity index is 228. The summed E-state index contributed by atoms with van der Waals surface area (Å²) in [5.74, 6) is 0. The molecule has 2 aliphatic carbocycles. The molecule has 86 valence electrons. The van der Waals surface area contributed by atoms with Crippen LogP contribution in [0.2, 0.25) is 0 Å². The van der Waals surface area contributed by atoms with E-state index >= 15 is 0 Å². The number of amides is 2. The standard InChI is InChI=1S/C11H21N3O/c12-9-6-1-2-7-10(9)14-11(15)13-8-4-3-5-8/h8-10H,1-7,12H2,(H2,13,14,15)/t9-,10-/m1/s1. The summed E-state index contributed by atoms with van der Waals surface area (Å²) in [4.78, 5) is 11.6. The van der Waals surface area contributed by atoms with Gasteiger partial charge in [-0.3, -0.25) is 0 Å². The van der Waals surface area contributed by atoms with Crippen molar-refractivity contribution in [3.05, 3.63) is 0 Å². The van der Waals surface area contributed by atoms with Crippen molar-refractivity contribution in [3.63, 3.8) is 0 Å². The number of carbonyl (C=O) groups is 1. The molecule has 0 aromatic heterocycles. The summed E-state index contributed by atoms with van der Waals surface area (Å²) in [7, 11) is 0. The zero-order valence-corrected chi connectivity index (χ0v) is 9.17. The van der Waals surface area contributed by atoms with E-state index in [1.807, 2.05) is 0 Å². The molecule has 0 saturated heterocycles. The van der Waals surface area contributed by atoms with E-state index in [4.69, 9.17) is 5.73 Å². The molecule has 0 unspecified atom stereocenters. The van der Waals surface area contributed by atoms with E-state index in [1.165, 1.54) is 19.3 Å². The minimum Gasteiger partial charge on any atom is -0.335 e. The molecule has 0 bridgehead atoms. The van der Waals surface area contributed by atoms with Crippen LogP contribution in [0.1, 0.15) is 44.9 Å². The summed E-state index contributed by atoms with van der Waals surface area (Å²) >= 11 is 0. The van der Waals surface area contributed by atoms with E-state index in [2.05, 4.69) is 10.6 Å². The van der Waals surface area contributed by atoms with Crippen molar-refractivity contribution in [1.82, 2.24) is 10.6 Å². The molecule has 0 heterocycles. The van der Waals surface area contributed by atoms with Gasteiger partial charge in [0, 0.05) is 18.1 Å². The summed E-state index contributed by atoms with van der Waals surface area (Å²) in [6.07, 6.45) is 7.95. The van der Waals surface area contributed by atoms with Crippen molar-refractivity contribution in [3.8, 4) is 0 Å². The number of nitrogens with two attached hydrogens (primary N) is 1. The molecule has 0 spiro atoms. The molecule has 2 amide bonds. The maximum atomic E-state index is 11.6. The van der Waals surface area contributed by atoms with E-state index < -0.39 is 0 Å². The van der Waals surface area contributed by atoms with Crippen LogP contribution in [-0.2, 0) is 0 Å². The lowest BCUT2D eigenvalue weighted by Gasteiger charge is -2.31. The van der Waals surface area contributed by atoms with E-state index in [-0.39, 0.29) is 18.1 Å². The van der Waals surface area contributed by atoms with Crippen molar-refractivity contribution in [1.29, 1.82) is 0 Å². The van der Waals surface area contributed by atoms with Gasteiger partial charge in [0.1, 0.15) is 0 Å². The minimum absolute atomic E-state index is 0.0259. The number of rotatable bonds is 2. The molecule has 4 nitrogen and oxygen atoms in total. The van der Waals surface area contributed by atoms with Gasteiger partial charge in [0.15, 0.2) is 0 Å². The third kappa shape index (κ3) is 2.84. The number of urea groups is 1. The third-order valence-corrected chi connectivity index (χ3v) is 3.58. The molecule has 4 N–H and O–H groups in total. The predicted molar refractivity (Wildman–Crippen MR) is 59.5 cm³/mol. The predicted octanol–water partition coefficient (Wildman–Crippen LogP) is 1.11. The van der Waals surface area contributed by atoms with Crippen LogP contribution in [0.5, 0.6) is 0 Å². The molecule has 0 aliphatic heterocycles. The molecule has 2 rings (SSSR count). The first-order valence-electron chi connectivity index (χ1n) is 6.08. The van der Waals surface area contributed by atoms with E-state index in [0.29, 0.717) is 6.04 Å². The Morgan fingerprint density at radius 3 is 2.33 bits per heavy atom. The normalized spacial score (nSPS) is 31.8. The second-order valence-corrected chi connectivity index (χ2v) is 4.80.